The standard InChI is InChI=1S/C39H62F3N11O9/c1-20(2)16-27(53-36(62)38(45,18-21(3)4)39(40,41)42)35(61)52-28(17-25-12-9-8-10-13-25)34(60)50-23(6)31(57)48-24(7)32(58)51-26(14-11-15-46-37(43)44)33(59)49-22(5)30(56)47-19-29(54)55/h8-10,12-13,20-24,26-28H,11,14-19,45H2,1-7H3,(H,47,56)(H,48,57)(H,49,59)(H,50,60)(H,51,58)(H,52,61)(H,53,62)(H,54,55)(H4,43,44,46)/t22-,23-,24-,26-,27-,28-,38-/m0/s1. The molecule has 14 N–H and O–H groups in total. The lowest BCUT2D eigenvalue weighted by Crippen LogP contribution is -2.66. The van der Waals surface area contributed by atoms with Gasteiger partial charge in [-0.1, -0.05) is 58.0 Å². The lowest BCUT2D eigenvalue weighted by molar-refractivity contribution is -0.195. The number of carbonyl (C=O) groups is 8. The summed E-state index contributed by atoms with van der Waals surface area (Å²) in [4.78, 5) is 107. The van der Waals surface area contributed by atoms with Crippen LogP contribution < -0.4 is 54.4 Å². The molecule has 0 aliphatic heterocycles. The summed E-state index contributed by atoms with van der Waals surface area (Å²) in [6.07, 6.45) is -6.02. The highest BCUT2D eigenvalue weighted by Crippen LogP contribution is 2.34. The number of carboxylic acid groups (broad SMARTS) is 1. The number of carbonyl (C=O) groups excluding carboxylic acids is 7. The maximum absolute atomic E-state index is 14.1. The van der Waals surface area contributed by atoms with Crippen LogP contribution >= 0.6 is 0 Å². The van der Waals surface area contributed by atoms with E-state index in [4.69, 9.17) is 22.3 Å². The number of nitrogens with zero attached hydrogens (tertiary/aromatic N) is 1. The highest BCUT2D eigenvalue weighted by molar-refractivity contribution is 5.97. The van der Waals surface area contributed by atoms with Gasteiger partial charge in [0.1, 0.15) is 42.8 Å². The van der Waals surface area contributed by atoms with E-state index >= 15 is 0 Å². The van der Waals surface area contributed by atoms with Gasteiger partial charge in [0.05, 0.1) is 0 Å². The molecule has 1 aromatic rings. The van der Waals surface area contributed by atoms with Gasteiger partial charge in [-0.15, -0.1) is 0 Å². The molecule has 0 heterocycles. The summed E-state index contributed by atoms with van der Waals surface area (Å²) in [5, 5.41) is 25.3. The Hall–Kier alpha value is -6.00. The van der Waals surface area contributed by atoms with E-state index in [1.165, 1.54) is 34.6 Å². The fourth-order valence-corrected chi connectivity index (χ4v) is 5.85. The fourth-order valence-electron chi connectivity index (χ4n) is 5.85. The number of nitrogens with one attached hydrogen (secondary N) is 7. The second-order valence-electron chi connectivity index (χ2n) is 15.8. The molecule has 0 spiro atoms. The SMILES string of the molecule is CC(C)C[C@H](NC(=O)[C@@](N)(CC(C)C)C(F)(F)F)C(=O)N[C@@H](Cc1ccccc1)C(=O)N[C@@H](C)C(=O)N[C@@H](C)C(=O)N[C@@H](CCCN=C(N)N)C(=O)N[C@@H](C)C(=O)NCC(=O)O. The van der Waals surface area contributed by atoms with Gasteiger partial charge in [-0.05, 0) is 63.9 Å². The van der Waals surface area contributed by atoms with Crippen LogP contribution in [0.3, 0.4) is 0 Å². The molecule has 0 saturated carbocycles. The summed E-state index contributed by atoms with van der Waals surface area (Å²) < 4.78 is 42.4. The van der Waals surface area contributed by atoms with Gasteiger partial charge >= 0.3 is 12.1 Å². The van der Waals surface area contributed by atoms with Crippen LogP contribution in [0.1, 0.15) is 79.7 Å². The summed E-state index contributed by atoms with van der Waals surface area (Å²) in [5.74, 6) is -9.31. The molecular formula is C39H62F3N11O9. The van der Waals surface area contributed by atoms with Gasteiger partial charge in [0.2, 0.25) is 41.4 Å². The normalized spacial score (nSPS) is 15.2. The number of hydrogen-bond acceptors (Lipinski definition) is 10. The van der Waals surface area contributed by atoms with Crippen molar-refractivity contribution in [1.29, 1.82) is 0 Å². The molecular weight excluding hydrogens is 823 g/mol. The maximum Gasteiger partial charge on any atom is 0.415 e. The van der Waals surface area contributed by atoms with E-state index in [1.807, 2.05) is 0 Å². The van der Waals surface area contributed by atoms with Crippen molar-refractivity contribution >= 4 is 53.3 Å². The second kappa shape index (κ2) is 25.1. The Morgan fingerprint density at radius 3 is 1.65 bits per heavy atom. The van der Waals surface area contributed by atoms with Gasteiger partial charge in [-0.3, -0.25) is 43.3 Å². The molecule has 0 fully saturated rings. The molecule has 23 heteroatoms. The molecule has 348 valence electrons. The minimum atomic E-state index is -5.15. The van der Waals surface area contributed by atoms with Crippen LogP contribution in [0.2, 0.25) is 0 Å². The Balaban J connectivity index is 3.21. The van der Waals surface area contributed by atoms with E-state index < -0.39 is 114 Å². The third-order valence-electron chi connectivity index (χ3n) is 9.13. The number of amides is 7. The third-order valence-corrected chi connectivity index (χ3v) is 9.13. The smallest absolute Gasteiger partial charge is 0.415 e. The molecule has 1 aromatic carbocycles. The van der Waals surface area contributed by atoms with Crippen LogP contribution in [0, 0.1) is 11.8 Å². The first-order valence-electron chi connectivity index (χ1n) is 20.0. The number of benzene rings is 1. The molecule has 1 rings (SSSR count). The minimum absolute atomic E-state index is 0.0332. The molecule has 7 amide bonds. The summed E-state index contributed by atoms with van der Waals surface area (Å²) in [7, 11) is 0. The van der Waals surface area contributed by atoms with E-state index in [0.717, 1.165) is 0 Å². The average molecular weight is 886 g/mol. The van der Waals surface area contributed by atoms with E-state index in [2.05, 4.69) is 42.2 Å². The van der Waals surface area contributed by atoms with E-state index in [1.54, 1.807) is 44.2 Å². The fraction of sp³-hybridized carbons (Fsp3) is 0.615. The Kier molecular flexibility index (Phi) is 21.8. The predicted molar refractivity (Wildman–Crippen MR) is 221 cm³/mol. The first-order valence-corrected chi connectivity index (χ1v) is 20.0. The van der Waals surface area contributed by atoms with Crippen LogP contribution in [0.5, 0.6) is 0 Å². The molecule has 0 saturated heterocycles. The van der Waals surface area contributed by atoms with Crippen LogP contribution in [-0.4, -0.2) is 119 Å². The Morgan fingerprint density at radius 1 is 0.661 bits per heavy atom. The van der Waals surface area contributed by atoms with Crippen molar-refractivity contribution in [3.8, 4) is 0 Å². The molecule has 0 aliphatic carbocycles. The van der Waals surface area contributed by atoms with Crippen molar-refractivity contribution in [2.45, 2.75) is 129 Å². The van der Waals surface area contributed by atoms with Gasteiger partial charge < -0.3 is 59.5 Å². The molecule has 0 aliphatic rings. The lowest BCUT2D eigenvalue weighted by atomic mass is 9.87. The number of aliphatic imine (C=N–C) groups is 1. The molecule has 20 nitrogen and oxygen atoms in total. The second-order valence-corrected chi connectivity index (χ2v) is 15.8. The quantitative estimate of drug-likeness (QED) is 0.0314. The molecule has 7 atom stereocenters. The van der Waals surface area contributed by atoms with Crippen LogP contribution in [0.15, 0.2) is 35.3 Å². The van der Waals surface area contributed by atoms with Crippen molar-refractivity contribution in [2.75, 3.05) is 13.1 Å². The van der Waals surface area contributed by atoms with Gasteiger partial charge in [-0.25, -0.2) is 0 Å². The first kappa shape index (κ1) is 54.0. The first-order chi connectivity index (χ1) is 28.7. The highest BCUT2D eigenvalue weighted by atomic mass is 19.4. The minimum Gasteiger partial charge on any atom is -0.480 e. The van der Waals surface area contributed by atoms with Gasteiger partial charge in [-0.2, -0.15) is 13.2 Å². The largest absolute Gasteiger partial charge is 0.480 e. The van der Waals surface area contributed by atoms with Gasteiger partial charge in [0, 0.05) is 13.0 Å². The summed E-state index contributed by atoms with van der Waals surface area (Å²) >= 11 is 0. The van der Waals surface area contributed by atoms with Gasteiger partial charge in [0.25, 0.3) is 0 Å². The summed E-state index contributed by atoms with van der Waals surface area (Å²) in [6, 6.07) is 0.247. The number of carboxylic acids is 1. The zero-order valence-corrected chi connectivity index (χ0v) is 36.0. The number of nitrogens with two attached hydrogens (primary N) is 3. The Labute approximate surface area is 358 Å². The molecule has 0 radical (unpaired) electrons. The van der Waals surface area contributed by atoms with Crippen molar-refractivity contribution in [3.05, 3.63) is 35.9 Å². The molecule has 0 aromatic heterocycles. The zero-order chi connectivity index (χ0) is 47.5. The predicted octanol–water partition coefficient (Wildman–Crippen LogP) is -1.20. The van der Waals surface area contributed by atoms with E-state index in [9.17, 15) is 51.5 Å². The van der Waals surface area contributed by atoms with Crippen LogP contribution in [0.4, 0.5) is 13.2 Å². The third kappa shape index (κ3) is 18.7. The molecule has 0 bridgehead atoms. The molecule has 0 unspecified atom stereocenters. The van der Waals surface area contributed by atoms with Gasteiger partial charge in [0.15, 0.2) is 11.5 Å². The number of halogens is 3. The average Bonchev–Trinajstić information content (AvgIpc) is 3.16. The van der Waals surface area contributed by atoms with Crippen molar-refractivity contribution in [1.82, 2.24) is 37.2 Å². The van der Waals surface area contributed by atoms with Crippen molar-refractivity contribution in [2.24, 2.45) is 34.0 Å². The van der Waals surface area contributed by atoms with E-state index in [-0.39, 0.29) is 44.1 Å². The maximum atomic E-state index is 14.1. The number of hydrogen-bond donors (Lipinski definition) is 11. The van der Waals surface area contributed by atoms with Crippen LogP contribution in [-0.2, 0) is 44.8 Å². The lowest BCUT2D eigenvalue weighted by Gasteiger charge is -2.34. The topological polar surface area (TPSA) is 331 Å². The Morgan fingerprint density at radius 2 is 1.15 bits per heavy atom. The number of guanidine groups is 1. The number of alkyl halides is 3. The van der Waals surface area contributed by atoms with Crippen LogP contribution in [0.25, 0.3) is 0 Å². The summed E-state index contributed by atoms with van der Waals surface area (Å²) in [5.41, 5.74) is 13.6. The summed E-state index contributed by atoms with van der Waals surface area (Å²) in [6.45, 7) is 9.51. The highest BCUT2D eigenvalue weighted by Gasteiger charge is 2.58. The zero-order valence-electron chi connectivity index (χ0n) is 36.0. The number of rotatable bonds is 25. The van der Waals surface area contributed by atoms with E-state index in [0.29, 0.717) is 5.56 Å². The van der Waals surface area contributed by atoms with Crippen molar-refractivity contribution < 1.29 is 56.6 Å². The number of aliphatic carboxylic acids is 1. The van der Waals surface area contributed by atoms with Crippen molar-refractivity contribution in [3.63, 3.8) is 0 Å². The Bertz CT molecular complexity index is 1740. The molecule has 62 heavy (non-hydrogen) atoms. The monoisotopic (exact) mass is 885 g/mol.